The number of nitriles is 1. The minimum absolute atomic E-state index is 0.0884. The summed E-state index contributed by atoms with van der Waals surface area (Å²) < 4.78 is 6.18. The first kappa shape index (κ1) is 13.0. The average molecular weight is 283 g/mol. The molecular formula is C12H15BrN2O. The predicted octanol–water partition coefficient (Wildman–Crippen LogP) is 3.16. The third kappa shape index (κ3) is 3.22. The minimum Gasteiger partial charge on any atom is -0.380 e. The van der Waals surface area contributed by atoms with Crippen LogP contribution in [0, 0.1) is 11.3 Å². The number of anilines is 1. The highest BCUT2D eigenvalue weighted by molar-refractivity contribution is 9.10. The van der Waals surface area contributed by atoms with Gasteiger partial charge in [0.1, 0.15) is 6.07 Å². The maximum atomic E-state index is 8.98. The molecule has 3 nitrogen and oxygen atoms in total. The maximum Gasteiger partial charge on any atom is 0.101 e. The second-order valence-electron chi connectivity index (χ2n) is 3.68. The molecular weight excluding hydrogens is 268 g/mol. The number of methoxy groups -OCH3 is 1. The van der Waals surface area contributed by atoms with Crippen LogP contribution in [0.5, 0.6) is 0 Å². The second kappa shape index (κ2) is 5.88. The van der Waals surface area contributed by atoms with E-state index >= 15 is 0 Å². The first-order valence-corrected chi connectivity index (χ1v) is 5.86. The monoisotopic (exact) mass is 282 g/mol. The number of ether oxygens (including phenoxy) is 1. The van der Waals surface area contributed by atoms with E-state index in [1.807, 2.05) is 26.0 Å². The molecule has 0 bridgehead atoms. The molecule has 0 aliphatic carbocycles. The fourth-order valence-corrected chi connectivity index (χ4v) is 1.66. The Kier molecular flexibility index (Phi) is 4.78. The van der Waals surface area contributed by atoms with Crippen LogP contribution in [-0.4, -0.2) is 19.3 Å². The molecule has 0 saturated heterocycles. The number of nitrogens with zero attached hydrogens (tertiary/aromatic N) is 1. The largest absolute Gasteiger partial charge is 0.380 e. The summed E-state index contributed by atoms with van der Waals surface area (Å²) in [5, 5.41) is 12.3. The Morgan fingerprint density at radius 3 is 2.69 bits per heavy atom. The van der Waals surface area contributed by atoms with Crippen LogP contribution in [0.1, 0.15) is 19.4 Å². The Hall–Kier alpha value is -1.05. The lowest BCUT2D eigenvalue weighted by Gasteiger charge is -2.21. The molecule has 0 radical (unpaired) electrons. The van der Waals surface area contributed by atoms with Gasteiger partial charge in [-0.25, -0.2) is 0 Å². The van der Waals surface area contributed by atoms with Gasteiger partial charge in [0.15, 0.2) is 0 Å². The molecule has 0 aliphatic heterocycles. The molecule has 0 spiro atoms. The van der Waals surface area contributed by atoms with Gasteiger partial charge in [-0.3, -0.25) is 0 Å². The van der Waals surface area contributed by atoms with E-state index in [1.165, 1.54) is 0 Å². The van der Waals surface area contributed by atoms with Crippen molar-refractivity contribution in [2.24, 2.45) is 0 Å². The number of halogens is 1. The molecule has 4 heteroatoms. The van der Waals surface area contributed by atoms with Gasteiger partial charge in [-0.15, -0.1) is 0 Å². The number of nitrogens with one attached hydrogen (secondary N) is 1. The van der Waals surface area contributed by atoms with Crippen molar-refractivity contribution in [3.63, 3.8) is 0 Å². The van der Waals surface area contributed by atoms with Crippen LogP contribution in [0.2, 0.25) is 0 Å². The number of rotatable bonds is 4. The zero-order chi connectivity index (χ0) is 12.1. The Morgan fingerprint density at radius 2 is 2.12 bits per heavy atom. The third-order valence-electron chi connectivity index (χ3n) is 2.56. The normalized spacial score (nSPS) is 13.9. The van der Waals surface area contributed by atoms with Crippen molar-refractivity contribution in [1.29, 1.82) is 5.26 Å². The quantitative estimate of drug-likeness (QED) is 0.923. The molecule has 1 N–H and O–H groups in total. The smallest absolute Gasteiger partial charge is 0.101 e. The van der Waals surface area contributed by atoms with Gasteiger partial charge < -0.3 is 10.1 Å². The summed E-state index contributed by atoms with van der Waals surface area (Å²) in [5.41, 5.74) is 1.46. The molecule has 16 heavy (non-hydrogen) atoms. The van der Waals surface area contributed by atoms with Gasteiger partial charge in [0, 0.05) is 17.6 Å². The molecule has 2 unspecified atom stereocenters. The average Bonchev–Trinajstić information content (AvgIpc) is 2.28. The molecule has 1 rings (SSSR count). The Labute approximate surface area is 105 Å². The van der Waals surface area contributed by atoms with E-state index in [4.69, 9.17) is 10.00 Å². The van der Waals surface area contributed by atoms with E-state index in [1.54, 1.807) is 13.2 Å². The van der Waals surface area contributed by atoms with E-state index in [2.05, 4.69) is 27.3 Å². The van der Waals surface area contributed by atoms with Crippen LogP contribution in [0.15, 0.2) is 22.7 Å². The van der Waals surface area contributed by atoms with Crippen molar-refractivity contribution in [2.75, 3.05) is 12.4 Å². The summed E-state index contributed by atoms with van der Waals surface area (Å²) in [7, 11) is 1.68. The first-order valence-electron chi connectivity index (χ1n) is 5.07. The summed E-state index contributed by atoms with van der Waals surface area (Å²) in [6.45, 7) is 4.01. The summed E-state index contributed by atoms with van der Waals surface area (Å²) in [5.74, 6) is 0. The topological polar surface area (TPSA) is 45.0 Å². The van der Waals surface area contributed by atoms with Gasteiger partial charge in [0.05, 0.1) is 17.4 Å². The van der Waals surface area contributed by atoms with Crippen LogP contribution in [0.4, 0.5) is 5.69 Å². The highest BCUT2D eigenvalue weighted by Gasteiger charge is 2.12. The molecule has 0 aliphatic rings. The molecule has 0 amide bonds. The fraction of sp³-hybridized carbons (Fsp3) is 0.417. The molecule has 0 saturated carbocycles. The number of hydrogen-bond donors (Lipinski definition) is 1. The van der Waals surface area contributed by atoms with E-state index < -0.39 is 0 Å². The number of benzene rings is 1. The zero-order valence-corrected chi connectivity index (χ0v) is 11.2. The lowest BCUT2D eigenvalue weighted by molar-refractivity contribution is 0.106. The standard InChI is InChI=1S/C12H15BrN2O/c1-8(9(2)16-3)15-12-6-11(13)5-4-10(12)7-14/h4-6,8-9,15H,1-3H3. The summed E-state index contributed by atoms with van der Waals surface area (Å²) in [6, 6.07) is 7.85. The van der Waals surface area contributed by atoms with Crippen molar-refractivity contribution >= 4 is 21.6 Å². The Balaban J connectivity index is 2.88. The molecule has 0 heterocycles. The lowest BCUT2D eigenvalue weighted by Crippen LogP contribution is -2.29. The van der Waals surface area contributed by atoms with Crippen molar-refractivity contribution < 1.29 is 4.74 Å². The predicted molar refractivity (Wildman–Crippen MR) is 68.4 cm³/mol. The lowest BCUT2D eigenvalue weighted by atomic mass is 10.1. The second-order valence-corrected chi connectivity index (χ2v) is 4.59. The van der Waals surface area contributed by atoms with Gasteiger partial charge in [-0.1, -0.05) is 15.9 Å². The molecule has 86 valence electrons. The highest BCUT2D eigenvalue weighted by Crippen LogP contribution is 2.22. The van der Waals surface area contributed by atoms with Crippen LogP contribution >= 0.6 is 15.9 Å². The molecule has 0 aromatic heterocycles. The zero-order valence-electron chi connectivity index (χ0n) is 9.62. The van der Waals surface area contributed by atoms with Crippen molar-refractivity contribution in [3.8, 4) is 6.07 Å². The van der Waals surface area contributed by atoms with Gasteiger partial charge >= 0.3 is 0 Å². The SMILES string of the molecule is COC(C)C(C)Nc1cc(Br)ccc1C#N. The minimum atomic E-state index is 0.0884. The summed E-state index contributed by atoms with van der Waals surface area (Å²) in [4.78, 5) is 0. The van der Waals surface area contributed by atoms with E-state index in [-0.39, 0.29) is 12.1 Å². The Morgan fingerprint density at radius 1 is 1.44 bits per heavy atom. The number of hydrogen-bond acceptors (Lipinski definition) is 3. The molecule has 1 aromatic rings. The molecule has 0 fully saturated rings. The molecule has 2 atom stereocenters. The van der Waals surface area contributed by atoms with Gasteiger partial charge in [0.25, 0.3) is 0 Å². The first-order chi connectivity index (χ1) is 7.58. The Bertz CT molecular complexity index is 400. The fourth-order valence-electron chi connectivity index (χ4n) is 1.30. The van der Waals surface area contributed by atoms with Crippen LogP contribution in [-0.2, 0) is 4.74 Å². The molecule has 1 aromatic carbocycles. The van der Waals surface area contributed by atoms with Crippen molar-refractivity contribution in [2.45, 2.75) is 26.0 Å². The van der Waals surface area contributed by atoms with Crippen LogP contribution < -0.4 is 5.32 Å². The maximum absolute atomic E-state index is 8.98. The van der Waals surface area contributed by atoms with E-state index in [0.29, 0.717) is 5.56 Å². The third-order valence-corrected chi connectivity index (χ3v) is 3.05. The van der Waals surface area contributed by atoms with E-state index in [9.17, 15) is 0 Å². The summed E-state index contributed by atoms with van der Waals surface area (Å²) in [6.07, 6.45) is 0.0884. The van der Waals surface area contributed by atoms with Crippen molar-refractivity contribution in [1.82, 2.24) is 0 Å². The van der Waals surface area contributed by atoms with E-state index in [0.717, 1.165) is 10.2 Å². The van der Waals surface area contributed by atoms with Gasteiger partial charge in [-0.2, -0.15) is 5.26 Å². The highest BCUT2D eigenvalue weighted by atomic mass is 79.9. The van der Waals surface area contributed by atoms with Gasteiger partial charge in [0.2, 0.25) is 0 Å². The van der Waals surface area contributed by atoms with Crippen LogP contribution in [0.3, 0.4) is 0 Å². The van der Waals surface area contributed by atoms with Gasteiger partial charge in [-0.05, 0) is 32.0 Å². The van der Waals surface area contributed by atoms with Crippen molar-refractivity contribution in [3.05, 3.63) is 28.2 Å². The van der Waals surface area contributed by atoms with Crippen LogP contribution in [0.25, 0.3) is 0 Å². The summed E-state index contributed by atoms with van der Waals surface area (Å²) >= 11 is 3.39.